The van der Waals surface area contributed by atoms with E-state index in [1.807, 2.05) is 16.7 Å². The molecule has 1 heterocycles. The van der Waals surface area contributed by atoms with Gasteiger partial charge in [-0.15, -0.1) is 0 Å². The first-order valence-corrected chi connectivity index (χ1v) is 6.71. The number of amides is 2. The first-order chi connectivity index (χ1) is 7.90. The van der Waals surface area contributed by atoms with Crippen LogP contribution in [0.1, 0.15) is 20.3 Å². The van der Waals surface area contributed by atoms with Crippen molar-refractivity contribution < 1.29 is 14.7 Å². The number of thioether (sulfide) groups is 1. The Labute approximate surface area is 106 Å². The van der Waals surface area contributed by atoms with Gasteiger partial charge in [-0.25, -0.2) is 4.79 Å². The molecular weight excluding hydrogens is 240 g/mol. The minimum atomic E-state index is -0.874. The third-order valence-electron chi connectivity index (χ3n) is 2.68. The van der Waals surface area contributed by atoms with Crippen LogP contribution in [0.4, 0.5) is 4.79 Å². The average molecular weight is 260 g/mol. The molecule has 2 atom stereocenters. The van der Waals surface area contributed by atoms with Crippen LogP contribution in [0.25, 0.3) is 0 Å². The molecule has 0 spiro atoms. The molecule has 6 heteroatoms. The van der Waals surface area contributed by atoms with Gasteiger partial charge >= 0.3 is 12.0 Å². The van der Waals surface area contributed by atoms with E-state index in [1.54, 1.807) is 7.05 Å². The van der Waals surface area contributed by atoms with E-state index in [0.29, 0.717) is 10.5 Å². The molecule has 1 N–H and O–H groups in total. The zero-order valence-corrected chi connectivity index (χ0v) is 11.4. The summed E-state index contributed by atoms with van der Waals surface area (Å²) in [6.07, 6.45) is -0.00403. The van der Waals surface area contributed by atoms with Crippen molar-refractivity contribution in [2.75, 3.05) is 26.7 Å². The summed E-state index contributed by atoms with van der Waals surface area (Å²) in [5, 5.41) is 9.46. The van der Waals surface area contributed by atoms with E-state index in [1.165, 1.54) is 4.90 Å². The summed E-state index contributed by atoms with van der Waals surface area (Å²) in [7, 11) is 1.66. The lowest BCUT2D eigenvalue weighted by atomic mass is 10.3. The van der Waals surface area contributed by atoms with Crippen LogP contribution in [0, 0.1) is 0 Å². The smallest absolute Gasteiger partial charge is 0.319 e. The summed E-state index contributed by atoms with van der Waals surface area (Å²) in [5.41, 5.74) is 0. The highest BCUT2D eigenvalue weighted by atomic mass is 32.2. The van der Waals surface area contributed by atoms with E-state index < -0.39 is 5.97 Å². The van der Waals surface area contributed by atoms with Gasteiger partial charge in [-0.05, 0) is 0 Å². The average Bonchev–Trinajstić information content (AvgIpc) is 2.23. The highest BCUT2D eigenvalue weighted by Crippen LogP contribution is 2.25. The quantitative estimate of drug-likeness (QED) is 0.832. The van der Waals surface area contributed by atoms with Gasteiger partial charge in [0.2, 0.25) is 0 Å². The summed E-state index contributed by atoms with van der Waals surface area (Å²) < 4.78 is 0. The molecule has 2 unspecified atom stereocenters. The maximum absolute atomic E-state index is 12.1. The Balaban J connectivity index is 2.47. The first kappa shape index (κ1) is 14.2. The summed E-state index contributed by atoms with van der Waals surface area (Å²) in [4.78, 5) is 25.8. The van der Waals surface area contributed by atoms with Gasteiger partial charge < -0.3 is 14.9 Å². The predicted molar refractivity (Wildman–Crippen MR) is 68.4 cm³/mol. The van der Waals surface area contributed by atoms with Gasteiger partial charge in [0.05, 0.1) is 6.42 Å². The number of aliphatic carboxylic acids is 1. The highest BCUT2D eigenvalue weighted by molar-refractivity contribution is 8.00. The molecular formula is C11H20N2O3S. The van der Waals surface area contributed by atoms with E-state index in [-0.39, 0.29) is 19.0 Å². The largest absolute Gasteiger partial charge is 0.481 e. The van der Waals surface area contributed by atoms with Crippen molar-refractivity contribution in [2.24, 2.45) is 0 Å². The van der Waals surface area contributed by atoms with Gasteiger partial charge in [0.1, 0.15) is 0 Å². The van der Waals surface area contributed by atoms with Crippen LogP contribution in [0.2, 0.25) is 0 Å². The molecule has 0 aromatic carbocycles. The lowest BCUT2D eigenvalue weighted by molar-refractivity contribution is -0.137. The van der Waals surface area contributed by atoms with Crippen molar-refractivity contribution in [3.63, 3.8) is 0 Å². The Hall–Kier alpha value is -0.910. The number of hydrogen-bond donors (Lipinski definition) is 1. The van der Waals surface area contributed by atoms with Crippen LogP contribution in [0.3, 0.4) is 0 Å². The Morgan fingerprint density at radius 3 is 2.35 bits per heavy atom. The molecule has 1 saturated heterocycles. The van der Waals surface area contributed by atoms with Crippen molar-refractivity contribution in [1.29, 1.82) is 0 Å². The van der Waals surface area contributed by atoms with Gasteiger partial charge in [0, 0.05) is 37.2 Å². The maximum Gasteiger partial charge on any atom is 0.319 e. The topological polar surface area (TPSA) is 60.9 Å². The molecule has 5 nitrogen and oxygen atoms in total. The fourth-order valence-corrected chi connectivity index (χ4v) is 3.26. The van der Waals surface area contributed by atoms with Gasteiger partial charge in [-0.3, -0.25) is 4.79 Å². The molecule has 1 fully saturated rings. The van der Waals surface area contributed by atoms with Gasteiger partial charge in [0.25, 0.3) is 0 Å². The third-order valence-corrected chi connectivity index (χ3v) is 3.91. The molecule has 1 aliphatic heterocycles. The molecule has 0 saturated carbocycles. The predicted octanol–water partition coefficient (Wildman–Crippen LogP) is 1.34. The number of nitrogens with zero attached hydrogens (tertiary/aromatic N) is 2. The molecule has 0 radical (unpaired) electrons. The van der Waals surface area contributed by atoms with Crippen LogP contribution in [-0.4, -0.2) is 64.1 Å². The zero-order chi connectivity index (χ0) is 13.0. The highest BCUT2D eigenvalue weighted by Gasteiger charge is 2.27. The van der Waals surface area contributed by atoms with E-state index in [0.717, 1.165) is 13.1 Å². The fraction of sp³-hybridized carbons (Fsp3) is 0.818. The number of urea groups is 1. The number of carbonyl (C=O) groups excluding carboxylic acids is 1. The number of carboxylic acids is 1. The van der Waals surface area contributed by atoms with Crippen molar-refractivity contribution in [3.05, 3.63) is 0 Å². The molecule has 0 bridgehead atoms. The Bertz CT molecular complexity index is 288. The second-order valence-corrected chi connectivity index (χ2v) is 6.39. The lowest BCUT2D eigenvalue weighted by Gasteiger charge is -2.36. The summed E-state index contributed by atoms with van der Waals surface area (Å²) in [6.45, 7) is 5.97. The maximum atomic E-state index is 12.1. The minimum Gasteiger partial charge on any atom is -0.481 e. The zero-order valence-electron chi connectivity index (χ0n) is 10.5. The Morgan fingerprint density at radius 1 is 1.35 bits per heavy atom. The van der Waals surface area contributed by atoms with Gasteiger partial charge in [-0.2, -0.15) is 11.8 Å². The van der Waals surface area contributed by atoms with Crippen LogP contribution >= 0.6 is 11.8 Å². The number of carbonyl (C=O) groups is 2. The molecule has 0 aromatic rings. The summed E-state index contributed by atoms with van der Waals surface area (Å²) in [5.74, 6) is -0.874. The lowest BCUT2D eigenvalue weighted by Crippen LogP contribution is -2.49. The summed E-state index contributed by atoms with van der Waals surface area (Å²) in [6, 6.07) is -0.0646. The van der Waals surface area contributed by atoms with E-state index in [4.69, 9.17) is 5.11 Å². The van der Waals surface area contributed by atoms with Crippen LogP contribution in [0.15, 0.2) is 0 Å². The summed E-state index contributed by atoms with van der Waals surface area (Å²) >= 11 is 1.89. The molecule has 1 rings (SSSR count). The Morgan fingerprint density at radius 2 is 1.88 bits per heavy atom. The molecule has 2 amide bonds. The second-order valence-electron chi connectivity index (χ2n) is 4.51. The standard InChI is InChI=1S/C11H20N2O3S/c1-8-6-13(7-9(2)17-8)11(16)12(3)5-4-10(14)15/h8-9H,4-7H2,1-3H3,(H,14,15). The monoisotopic (exact) mass is 260 g/mol. The molecule has 17 heavy (non-hydrogen) atoms. The third kappa shape index (κ3) is 4.46. The number of hydrogen-bond acceptors (Lipinski definition) is 3. The molecule has 0 aromatic heterocycles. The van der Waals surface area contributed by atoms with Crippen LogP contribution in [0.5, 0.6) is 0 Å². The van der Waals surface area contributed by atoms with Crippen molar-refractivity contribution in [1.82, 2.24) is 9.80 Å². The number of rotatable bonds is 3. The van der Waals surface area contributed by atoms with Crippen molar-refractivity contribution in [3.8, 4) is 0 Å². The number of carboxylic acid groups (broad SMARTS) is 1. The van der Waals surface area contributed by atoms with E-state index >= 15 is 0 Å². The van der Waals surface area contributed by atoms with E-state index in [9.17, 15) is 9.59 Å². The van der Waals surface area contributed by atoms with Crippen molar-refractivity contribution in [2.45, 2.75) is 30.8 Å². The fourth-order valence-electron chi connectivity index (χ4n) is 1.93. The Kier molecular flexibility index (Phi) is 5.11. The van der Waals surface area contributed by atoms with Crippen LogP contribution < -0.4 is 0 Å². The minimum absolute atomic E-state index is 0.00403. The molecule has 98 valence electrons. The van der Waals surface area contributed by atoms with Gasteiger partial charge in [0.15, 0.2) is 0 Å². The first-order valence-electron chi connectivity index (χ1n) is 5.77. The van der Waals surface area contributed by atoms with Gasteiger partial charge in [-0.1, -0.05) is 13.8 Å². The normalized spacial score (nSPS) is 24.5. The SMILES string of the molecule is CC1CN(C(=O)N(C)CCC(=O)O)CC(C)S1. The molecule has 1 aliphatic rings. The second kappa shape index (κ2) is 6.14. The van der Waals surface area contributed by atoms with Crippen molar-refractivity contribution >= 4 is 23.8 Å². The van der Waals surface area contributed by atoms with E-state index in [2.05, 4.69) is 13.8 Å². The molecule has 0 aliphatic carbocycles. The van der Waals surface area contributed by atoms with Crippen LogP contribution in [-0.2, 0) is 4.79 Å².